The van der Waals surface area contributed by atoms with Crippen LogP contribution in [0.5, 0.6) is 0 Å². The van der Waals surface area contributed by atoms with Gasteiger partial charge in [-0.1, -0.05) is 18.7 Å². The van der Waals surface area contributed by atoms with Crippen molar-refractivity contribution in [3.8, 4) is 0 Å². The lowest BCUT2D eigenvalue weighted by molar-refractivity contribution is -0.129. The molecule has 98 valence electrons. The largest absolute Gasteiger partial charge is 0.345 e. The van der Waals surface area contributed by atoms with E-state index in [4.69, 9.17) is 0 Å². The first-order chi connectivity index (χ1) is 8.65. The molecule has 1 aromatic heterocycles. The van der Waals surface area contributed by atoms with E-state index < -0.39 is 0 Å². The molecule has 0 spiro atoms. The van der Waals surface area contributed by atoms with Crippen molar-refractivity contribution in [1.82, 2.24) is 14.9 Å². The summed E-state index contributed by atoms with van der Waals surface area (Å²) >= 11 is 1.35. The molecule has 6 heteroatoms. The number of amides is 1. The van der Waals surface area contributed by atoms with E-state index in [-0.39, 0.29) is 11.6 Å². The predicted octanol–water partition coefficient (Wildman–Crippen LogP) is 1.12. The Balaban J connectivity index is 1.83. The zero-order valence-corrected chi connectivity index (χ0v) is 11.2. The molecule has 2 rings (SSSR count). The number of nitrogens with zero attached hydrogens (tertiary/aromatic N) is 2. The van der Waals surface area contributed by atoms with Gasteiger partial charge in [-0.05, 0) is 24.8 Å². The van der Waals surface area contributed by atoms with E-state index in [1.807, 2.05) is 4.90 Å². The molecule has 1 aromatic rings. The van der Waals surface area contributed by atoms with Gasteiger partial charge in [0, 0.05) is 19.3 Å². The molecule has 0 aromatic carbocycles. The van der Waals surface area contributed by atoms with Gasteiger partial charge in [-0.3, -0.25) is 4.79 Å². The summed E-state index contributed by atoms with van der Waals surface area (Å²) in [4.78, 5) is 31.0. The number of piperidine rings is 1. The van der Waals surface area contributed by atoms with Gasteiger partial charge in [-0.2, -0.15) is 0 Å². The molecule has 1 aliphatic heterocycles. The lowest BCUT2D eigenvalue weighted by Gasteiger charge is -2.30. The highest BCUT2D eigenvalue weighted by Gasteiger charge is 2.20. The van der Waals surface area contributed by atoms with E-state index in [9.17, 15) is 9.59 Å². The smallest absolute Gasteiger partial charge is 0.342 e. The van der Waals surface area contributed by atoms with Crippen LogP contribution in [0.25, 0.3) is 0 Å². The summed E-state index contributed by atoms with van der Waals surface area (Å²) in [6.07, 6.45) is 3.62. The van der Waals surface area contributed by atoms with Crippen molar-refractivity contribution in [2.24, 2.45) is 5.92 Å². The minimum atomic E-state index is -0.376. The molecule has 0 aliphatic carbocycles. The van der Waals surface area contributed by atoms with E-state index in [2.05, 4.69) is 16.9 Å². The maximum atomic E-state index is 12.0. The van der Waals surface area contributed by atoms with Crippen molar-refractivity contribution in [3.63, 3.8) is 0 Å². The first kappa shape index (κ1) is 13.1. The van der Waals surface area contributed by atoms with E-state index in [0.29, 0.717) is 10.8 Å². The van der Waals surface area contributed by atoms with Crippen LogP contribution >= 0.6 is 11.8 Å². The standard InChI is InChI=1S/C12H17N3O2S/c1-9-3-6-15(7-4-9)11(16)8-18-10-2-5-13-12(17)14-10/h2,5,9H,3-4,6-8H2,1H3,(H,13,14,17). The van der Waals surface area contributed by atoms with Crippen LogP contribution < -0.4 is 5.69 Å². The Kier molecular flexibility index (Phi) is 4.41. The van der Waals surface area contributed by atoms with Gasteiger partial charge in [0.25, 0.3) is 0 Å². The van der Waals surface area contributed by atoms with Crippen LogP contribution in [0.2, 0.25) is 0 Å². The van der Waals surface area contributed by atoms with Crippen molar-refractivity contribution in [2.75, 3.05) is 18.8 Å². The highest BCUT2D eigenvalue weighted by atomic mass is 32.2. The highest BCUT2D eigenvalue weighted by Crippen LogP contribution is 2.18. The van der Waals surface area contributed by atoms with Crippen LogP contribution in [0.15, 0.2) is 22.1 Å². The Hall–Kier alpha value is -1.30. The summed E-state index contributed by atoms with van der Waals surface area (Å²) in [6.45, 7) is 3.93. The number of hydrogen-bond donors (Lipinski definition) is 1. The number of carbonyl (C=O) groups excluding carboxylic acids is 1. The van der Waals surface area contributed by atoms with E-state index >= 15 is 0 Å². The Morgan fingerprint density at radius 1 is 1.56 bits per heavy atom. The number of hydrogen-bond acceptors (Lipinski definition) is 4. The maximum absolute atomic E-state index is 12.0. The minimum Gasteiger partial charge on any atom is -0.342 e. The minimum absolute atomic E-state index is 0.143. The van der Waals surface area contributed by atoms with E-state index in [1.54, 1.807) is 6.07 Å². The second-order valence-corrected chi connectivity index (χ2v) is 5.61. The molecule has 1 N–H and O–H groups in total. The number of aromatic nitrogens is 2. The predicted molar refractivity (Wildman–Crippen MR) is 70.6 cm³/mol. The number of aromatic amines is 1. The molecule has 0 bridgehead atoms. The quantitative estimate of drug-likeness (QED) is 0.658. The van der Waals surface area contributed by atoms with Gasteiger partial charge in [0.05, 0.1) is 10.8 Å². The first-order valence-corrected chi connectivity index (χ1v) is 7.09. The third kappa shape index (κ3) is 3.60. The summed E-state index contributed by atoms with van der Waals surface area (Å²) in [7, 11) is 0. The molecule has 0 saturated carbocycles. The Morgan fingerprint density at radius 2 is 2.28 bits per heavy atom. The summed E-state index contributed by atoms with van der Waals surface area (Å²) in [6, 6.07) is 1.71. The maximum Gasteiger partial charge on any atom is 0.345 e. The first-order valence-electron chi connectivity index (χ1n) is 6.11. The lowest BCUT2D eigenvalue weighted by atomic mass is 9.99. The molecule has 0 atom stereocenters. The van der Waals surface area contributed by atoms with Crippen molar-refractivity contribution >= 4 is 17.7 Å². The Labute approximate surface area is 110 Å². The van der Waals surface area contributed by atoms with Gasteiger partial charge < -0.3 is 9.88 Å². The molecule has 1 aliphatic rings. The van der Waals surface area contributed by atoms with Crippen LogP contribution in [0, 0.1) is 5.92 Å². The third-order valence-corrected chi connectivity index (χ3v) is 4.08. The van der Waals surface area contributed by atoms with Gasteiger partial charge >= 0.3 is 5.69 Å². The highest BCUT2D eigenvalue weighted by molar-refractivity contribution is 7.99. The monoisotopic (exact) mass is 267 g/mol. The summed E-state index contributed by atoms with van der Waals surface area (Å²) in [5.74, 6) is 1.23. The van der Waals surface area contributed by atoms with E-state index in [0.717, 1.165) is 31.8 Å². The molecule has 0 unspecified atom stereocenters. The van der Waals surface area contributed by atoms with Crippen LogP contribution in [0.4, 0.5) is 0 Å². The van der Waals surface area contributed by atoms with Crippen molar-refractivity contribution < 1.29 is 4.79 Å². The van der Waals surface area contributed by atoms with Crippen LogP contribution in [-0.2, 0) is 4.79 Å². The zero-order valence-electron chi connectivity index (χ0n) is 10.4. The topological polar surface area (TPSA) is 66.1 Å². The van der Waals surface area contributed by atoms with Gasteiger partial charge in [0.2, 0.25) is 5.91 Å². The number of H-pyrrole nitrogens is 1. The number of nitrogens with one attached hydrogen (secondary N) is 1. The fourth-order valence-electron chi connectivity index (χ4n) is 1.92. The van der Waals surface area contributed by atoms with Gasteiger partial charge in [0.15, 0.2) is 0 Å². The van der Waals surface area contributed by atoms with Crippen LogP contribution in [-0.4, -0.2) is 39.6 Å². The molecular weight excluding hydrogens is 250 g/mol. The third-order valence-electron chi connectivity index (χ3n) is 3.14. The number of carbonyl (C=O) groups is 1. The molecule has 18 heavy (non-hydrogen) atoms. The zero-order chi connectivity index (χ0) is 13.0. The number of rotatable bonds is 3. The number of thioether (sulfide) groups is 1. The molecule has 5 nitrogen and oxygen atoms in total. The SMILES string of the molecule is CC1CCN(C(=O)CSc2ccnc(=O)[nH]2)CC1. The van der Waals surface area contributed by atoms with Gasteiger partial charge in [0.1, 0.15) is 0 Å². The second-order valence-electron chi connectivity index (χ2n) is 4.59. The normalized spacial score (nSPS) is 16.8. The summed E-state index contributed by atoms with van der Waals surface area (Å²) in [5, 5.41) is 0.689. The number of likely N-dealkylation sites (tertiary alicyclic amines) is 1. The fraction of sp³-hybridized carbons (Fsp3) is 0.583. The average molecular weight is 267 g/mol. The summed E-state index contributed by atoms with van der Waals surface area (Å²) < 4.78 is 0. The molecule has 0 radical (unpaired) electrons. The van der Waals surface area contributed by atoms with Gasteiger partial charge in [-0.25, -0.2) is 9.78 Å². The van der Waals surface area contributed by atoms with Crippen LogP contribution in [0.1, 0.15) is 19.8 Å². The molecule has 1 amide bonds. The van der Waals surface area contributed by atoms with Crippen molar-refractivity contribution in [1.29, 1.82) is 0 Å². The molecule has 1 fully saturated rings. The fourth-order valence-corrected chi connectivity index (χ4v) is 2.70. The van der Waals surface area contributed by atoms with Gasteiger partial charge in [-0.15, -0.1) is 0 Å². The summed E-state index contributed by atoms with van der Waals surface area (Å²) in [5.41, 5.74) is -0.376. The average Bonchev–Trinajstić information content (AvgIpc) is 2.37. The van der Waals surface area contributed by atoms with Crippen LogP contribution in [0.3, 0.4) is 0 Å². The lowest BCUT2D eigenvalue weighted by Crippen LogP contribution is -2.38. The molecule has 2 heterocycles. The Bertz CT molecular complexity index is 466. The van der Waals surface area contributed by atoms with E-state index in [1.165, 1.54) is 18.0 Å². The van der Waals surface area contributed by atoms with Crippen molar-refractivity contribution in [2.45, 2.75) is 24.8 Å². The van der Waals surface area contributed by atoms with Crippen molar-refractivity contribution in [3.05, 3.63) is 22.7 Å². The molecule has 1 saturated heterocycles. The second kappa shape index (κ2) is 6.04. The Morgan fingerprint density at radius 3 is 2.94 bits per heavy atom. The molecular formula is C12H17N3O2S.